The Morgan fingerprint density at radius 2 is 2.25 bits per heavy atom. The van der Waals surface area contributed by atoms with Crippen LogP contribution < -0.4 is 10.1 Å². The Labute approximate surface area is 143 Å². The van der Waals surface area contributed by atoms with Crippen molar-refractivity contribution in [2.24, 2.45) is 0 Å². The summed E-state index contributed by atoms with van der Waals surface area (Å²) in [6.07, 6.45) is 2.94. The lowest BCUT2D eigenvalue weighted by atomic mass is 10.1. The van der Waals surface area contributed by atoms with E-state index in [1.54, 1.807) is 7.11 Å². The van der Waals surface area contributed by atoms with Crippen LogP contribution in [-0.4, -0.2) is 54.4 Å². The number of aryl methyl sites for hydroxylation is 1. The Hall–Kier alpha value is -1.85. The number of hydrogen-bond acceptors (Lipinski definition) is 5. The molecule has 1 saturated heterocycles. The van der Waals surface area contributed by atoms with Gasteiger partial charge in [0, 0.05) is 24.5 Å². The van der Waals surface area contributed by atoms with Crippen molar-refractivity contribution in [3.05, 3.63) is 29.8 Å². The summed E-state index contributed by atoms with van der Waals surface area (Å²) in [5, 5.41) is 14.3. The van der Waals surface area contributed by atoms with E-state index < -0.39 is 0 Å². The molecule has 0 radical (unpaired) electrons. The average molecular weight is 329 g/mol. The first-order valence-electron chi connectivity index (χ1n) is 8.75. The molecule has 1 fully saturated rings. The van der Waals surface area contributed by atoms with Crippen LogP contribution in [0.4, 0.5) is 5.82 Å². The van der Waals surface area contributed by atoms with Gasteiger partial charge in [-0.05, 0) is 63.0 Å². The van der Waals surface area contributed by atoms with Gasteiger partial charge >= 0.3 is 0 Å². The summed E-state index contributed by atoms with van der Waals surface area (Å²) in [6, 6.07) is 8.10. The van der Waals surface area contributed by atoms with Gasteiger partial charge in [0.2, 0.25) is 0 Å². The predicted molar refractivity (Wildman–Crippen MR) is 97.8 cm³/mol. The van der Waals surface area contributed by atoms with E-state index in [-0.39, 0.29) is 6.10 Å². The number of nitrogens with zero attached hydrogens (tertiary/aromatic N) is 2. The van der Waals surface area contributed by atoms with Crippen LogP contribution in [-0.2, 0) is 0 Å². The molecule has 0 bridgehead atoms. The lowest BCUT2D eigenvalue weighted by molar-refractivity contribution is 0.0706. The van der Waals surface area contributed by atoms with Gasteiger partial charge in [-0.2, -0.15) is 0 Å². The molecule has 5 nitrogen and oxygen atoms in total. The van der Waals surface area contributed by atoms with Crippen molar-refractivity contribution in [2.75, 3.05) is 38.6 Å². The number of rotatable bonds is 6. The molecule has 0 amide bonds. The van der Waals surface area contributed by atoms with Gasteiger partial charge < -0.3 is 20.1 Å². The monoisotopic (exact) mass is 329 g/mol. The second-order valence-corrected chi connectivity index (χ2v) is 6.58. The van der Waals surface area contributed by atoms with Crippen molar-refractivity contribution in [2.45, 2.75) is 32.3 Å². The van der Waals surface area contributed by atoms with Gasteiger partial charge in [0.05, 0.1) is 18.7 Å². The zero-order valence-corrected chi connectivity index (χ0v) is 14.6. The van der Waals surface area contributed by atoms with E-state index in [1.807, 2.05) is 12.1 Å². The first-order chi connectivity index (χ1) is 11.7. The van der Waals surface area contributed by atoms with Crippen LogP contribution in [0.25, 0.3) is 10.9 Å². The molecule has 3 rings (SSSR count). The van der Waals surface area contributed by atoms with Crippen molar-refractivity contribution in [3.8, 4) is 5.75 Å². The predicted octanol–water partition coefficient (Wildman–Crippen LogP) is 2.81. The third kappa shape index (κ3) is 4.16. The fourth-order valence-corrected chi connectivity index (χ4v) is 3.35. The summed E-state index contributed by atoms with van der Waals surface area (Å²) in [6.45, 7) is 5.92. The number of methoxy groups -OCH3 is 1. The molecule has 130 valence electrons. The molecule has 0 aliphatic carbocycles. The first kappa shape index (κ1) is 17.0. The number of aliphatic hydroxyl groups excluding tert-OH is 1. The summed E-state index contributed by atoms with van der Waals surface area (Å²) in [7, 11) is 1.67. The summed E-state index contributed by atoms with van der Waals surface area (Å²) in [5.74, 6) is 1.74. The number of β-amino-alcohol motifs (C(OH)–C–C–N with tert-alkyl or cyclic N) is 1. The maximum Gasteiger partial charge on any atom is 0.126 e. The van der Waals surface area contributed by atoms with Crippen LogP contribution in [0, 0.1) is 6.92 Å². The second-order valence-electron chi connectivity index (χ2n) is 6.58. The first-order valence-corrected chi connectivity index (χ1v) is 8.75. The number of benzene rings is 1. The number of nitrogens with one attached hydrogen (secondary N) is 1. The number of fused-ring (bicyclic) bond motifs is 1. The third-order valence-electron chi connectivity index (χ3n) is 4.66. The van der Waals surface area contributed by atoms with Crippen molar-refractivity contribution in [1.82, 2.24) is 9.88 Å². The summed E-state index contributed by atoms with van der Waals surface area (Å²) in [5.41, 5.74) is 2.17. The lowest BCUT2D eigenvalue weighted by Crippen LogP contribution is -2.39. The van der Waals surface area contributed by atoms with Crippen LogP contribution in [0.2, 0.25) is 0 Å². The number of aliphatic hydroxyl groups is 1. The highest BCUT2D eigenvalue weighted by molar-refractivity contribution is 5.85. The molecule has 0 saturated carbocycles. The van der Waals surface area contributed by atoms with Crippen molar-refractivity contribution < 1.29 is 9.84 Å². The topological polar surface area (TPSA) is 57.6 Å². The van der Waals surface area contributed by atoms with E-state index in [0.29, 0.717) is 0 Å². The van der Waals surface area contributed by atoms with Gasteiger partial charge in [-0.1, -0.05) is 0 Å². The van der Waals surface area contributed by atoms with E-state index in [9.17, 15) is 5.11 Å². The van der Waals surface area contributed by atoms with Crippen LogP contribution in [0.15, 0.2) is 24.3 Å². The second kappa shape index (κ2) is 7.81. The number of ether oxygens (including phenoxy) is 1. The highest BCUT2D eigenvalue weighted by atomic mass is 16.5. The molecular weight excluding hydrogens is 302 g/mol. The van der Waals surface area contributed by atoms with Crippen LogP contribution in [0.1, 0.15) is 24.8 Å². The molecule has 2 N–H and O–H groups in total. The standard InChI is InChI=1S/C19H27N3O2/c1-14-11-19(21-18-12-16(24-2)6-7-17(14)18)20-8-4-10-22-9-3-5-15(23)13-22/h6-7,11-12,15,23H,3-5,8-10,13H2,1-2H3,(H,20,21). The van der Waals surface area contributed by atoms with Crippen molar-refractivity contribution >= 4 is 16.7 Å². The third-order valence-corrected chi connectivity index (χ3v) is 4.66. The van der Waals surface area contributed by atoms with Crippen LogP contribution in [0.5, 0.6) is 5.75 Å². The summed E-state index contributed by atoms with van der Waals surface area (Å²) < 4.78 is 5.29. The minimum absolute atomic E-state index is 0.147. The average Bonchev–Trinajstić information content (AvgIpc) is 2.58. The van der Waals surface area contributed by atoms with E-state index in [1.165, 1.54) is 5.56 Å². The molecule has 1 aromatic carbocycles. The van der Waals surface area contributed by atoms with Crippen LogP contribution >= 0.6 is 0 Å². The Kier molecular flexibility index (Phi) is 5.53. The number of piperidine rings is 1. The van der Waals surface area contributed by atoms with Gasteiger partial charge in [0.15, 0.2) is 0 Å². The molecule has 24 heavy (non-hydrogen) atoms. The minimum Gasteiger partial charge on any atom is -0.497 e. The van der Waals surface area contributed by atoms with Gasteiger partial charge in [-0.3, -0.25) is 0 Å². The quantitative estimate of drug-likeness (QED) is 0.798. The molecule has 1 atom stereocenters. The van der Waals surface area contributed by atoms with Crippen LogP contribution in [0.3, 0.4) is 0 Å². The van der Waals surface area contributed by atoms with Crippen molar-refractivity contribution in [3.63, 3.8) is 0 Å². The summed E-state index contributed by atoms with van der Waals surface area (Å²) in [4.78, 5) is 7.04. The fraction of sp³-hybridized carbons (Fsp3) is 0.526. The zero-order chi connectivity index (χ0) is 16.9. The Morgan fingerprint density at radius 1 is 1.38 bits per heavy atom. The van der Waals surface area contributed by atoms with Gasteiger partial charge in [0.1, 0.15) is 11.6 Å². The maximum atomic E-state index is 9.71. The Bertz CT molecular complexity index is 690. The van der Waals surface area contributed by atoms with E-state index in [4.69, 9.17) is 9.72 Å². The highest BCUT2D eigenvalue weighted by Crippen LogP contribution is 2.24. The summed E-state index contributed by atoms with van der Waals surface area (Å²) >= 11 is 0. The maximum absolute atomic E-state index is 9.71. The number of anilines is 1. The molecule has 1 aliphatic rings. The number of hydrogen-bond donors (Lipinski definition) is 2. The van der Waals surface area contributed by atoms with Crippen molar-refractivity contribution in [1.29, 1.82) is 0 Å². The zero-order valence-electron chi connectivity index (χ0n) is 14.6. The largest absolute Gasteiger partial charge is 0.497 e. The lowest BCUT2D eigenvalue weighted by Gasteiger charge is -2.29. The Balaban J connectivity index is 1.56. The number of aromatic nitrogens is 1. The number of likely N-dealkylation sites (tertiary alicyclic amines) is 1. The van der Waals surface area contributed by atoms with E-state index >= 15 is 0 Å². The normalized spacial score (nSPS) is 18.7. The molecule has 5 heteroatoms. The molecule has 2 heterocycles. The molecule has 1 aromatic heterocycles. The molecule has 1 aliphatic heterocycles. The van der Waals surface area contributed by atoms with Gasteiger partial charge in [-0.25, -0.2) is 4.98 Å². The van der Waals surface area contributed by atoms with Gasteiger partial charge in [-0.15, -0.1) is 0 Å². The molecule has 2 aromatic rings. The number of pyridine rings is 1. The fourth-order valence-electron chi connectivity index (χ4n) is 3.35. The van der Waals surface area contributed by atoms with E-state index in [2.05, 4.69) is 29.3 Å². The van der Waals surface area contributed by atoms with Gasteiger partial charge in [0.25, 0.3) is 0 Å². The highest BCUT2D eigenvalue weighted by Gasteiger charge is 2.16. The SMILES string of the molecule is COc1ccc2c(C)cc(NCCCN3CCCC(O)C3)nc2c1. The molecule has 1 unspecified atom stereocenters. The molecular formula is C19H27N3O2. The minimum atomic E-state index is -0.147. The molecule has 0 spiro atoms. The smallest absolute Gasteiger partial charge is 0.126 e. The van der Waals surface area contributed by atoms with E-state index in [0.717, 1.165) is 67.9 Å². The Morgan fingerprint density at radius 3 is 3.04 bits per heavy atom.